The van der Waals surface area contributed by atoms with Crippen molar-refractivity contribution >= 4 is 5.91 Å². The van der Waals surface area contributed by atoms with Gasteiger partial charge in [0, 0.05) is 37.8 Å². The molecule has 2 aromatic rings. The maximum absolute atomic E-state index is 13.9. The van der Waals surface area contributed by atoms with Gasteiger partial charge in [-0.2, -0.15) is 0 Å². The first-order chi connectivity index (χ1) is 15.2. The van der Waals surface area contributed by atoms with Gasteiger partial charge in [-0.3, -0.25) is 4.79 Å². The molecule has 0 unspecified atom stereocenters. The number of amides is 1. The molecule has 0 saturated carbocycles. The Hall–Kier alpha value is -2.68. The van der Waals surface area contributed by atoms with Gasteiger partial charge in [0.15, 0.2) is 0 Å². The van der Waals surface area contributed by atoms with Crippen LogP contribution in [-0.2, 0) is 6.42 Å². The van der Waals surface area contributed by atoms with E-state index < -0.39 is 5.60 Å². The second-order valence-electron chi connectivity index (χ2n) is 9.22. The molecule has 1 fully saturated rings. The quantitative estimate of drug-likeness (QED) is 0.697. The number of hydrogen-bond donors (Lipinski definition) is 1. The lowest BCUT2D eigenvalue weighted by atomic mass is 9.96. The molecule has 5 heteroatoms. The molecule has 32 heavy (non-hydrogen) atoms. The summed E-state index contributed by atoms with van der Waals surface area (Å²) in [5.41, 5.74) is 1.12. The molecule has 1 N–H and O–H groups in total. The van der Waals surface area contributed by atoms with Crippen LogP contribution in [0, 0.1) is 23.6 Å². The lowest BCUT2D eigenvalue weighted by Gasteiger charge is -2.34. The second kappa shape index (κ2) is 10.8. The zero-order chi connectivity index (χ0) is 23.1. The minimum atomic E-state index is -1.04. The van der Waals surface area contributed by atoms with E-state index in [0.717, 1.165) is 43.6 Å². The van der Waals surface area contributed by atoms with E-state index in [1.54, 1.807) is 36.9 Å². The summed E-state index contributed by atoms with van der Waals surface area (Å²) in [5.74, 6) is 5.97. The van der Waals surface area contributed by atoms with Crippen molar-refractivity contribution in [1.82, 2.24) is 9.80 Å². The number of halogens is 1. The van der Waals surface area contributed by atoms with Gasteiger partial charge in [-0.1, -0.05) is 30.0 Å². The highest BCUT2D eigenvalue weighted by molar-refractivity contribution is 5.94. The van der Waals surface area contributed by atoms with Crippen LogP contribution in [-0.4, -0.2) is 59.6 Å². The first-order valence-electron chi connectivity index (χ1n) is 11.3. The van der Waals surface area contributed by atoms with Crippen LogP contribution in [0.15, 0.2) is 48.5 Å². The number of rotatable bonds is 6. The number of piperidine rings is 1. The topological polar surface area (TPSA) is 43.8 Å². The summed E-state index contributed by atoms with van der Waals surface area (Å²) in [4.78, 5) is 17.0. The summed E-state index contributed by atoms with van der Waals surface area (Å²) >= 11 is 0. The molecule has 170 valence electrons. The summed E-state index contributed by atoms with van der Waals surface area (Å²) in [5, 5.41) is 9.72. The number of hydrogen-bond acceptors (Lipinski definition) is 3. The minimum absolute atomic E-state index is 0.00419. The van der Waals surface area contributed by atoms with Crippen LogP contribution in [0.3, 0.4) is 0 Å². The summed E-state index contributed by atoms with van der Waals surface area (Å²) in [6, 6.07) is 14.2. The van der Waals surface area contributed by atoms with Gasteiger partial charge < -0.3 is 14.9 Å². The fourth-order valence-electron chi connectivity index (χ4n) is 4.09. The SMILES string of the molecule is CN(C[C@@H]1CCCN(CCc2ccccc2F)C1)C(=O)c1ccc(C#CC(C)(C)O)cc1. The first kappa shape index (κ1) is 24.0. The van der Waals surface area contributed by atoms with E-state index in [4.69, 9.17) is 0 Å². The molecular weight excluding hydrogens is 403 g/mol. The Kier molecular flexibility index (Phi) is 8.06. The third-order valence-corrected chi connectivity index (χ3v) is 5.78. The molecule has 0 bridgehead atoms. The molecule has 1 aliphatic rings. The highest BCUT2D eigenvalue weighted by Crippen LogP contribution is 2.19. The largest absolute Gasteiger partial charge is 0.378 e. The van der Waals surface area contributed by atoms with E-state index in [2.05, 4.69) is 16.7 Å². The van der Waals surface area contributed by atoms with Gasteiger partial charge in [0.2, 0.25) is 0 Å². The minimum Gasteiger partial charge on any atom is -0.378 e. The average Bonchev–Trinajstić information content (AvgIpc) is 2.77. The van der Waals surface area contributed by atoms with E-state index in [9.17, 15) is 14.3 Å². The van der Waals surface area contributed by atoms with Gasteiger partial charge >= 0.3 is 0 Å². The molecule has 1 aliphatic heterocycles. The molecule has 1 atom stereocenters. The van der Waals surface area contributed by atoms with Crippen molar-refractivity contribution in [2.75, 3.05) is 33.2 Å². The number of carbonyl (C=O) groups excluding carboxylic acids is 1. The Morgan fingerprint density at radius 2 is 1.94 bits per heavy atom. The Bertz CT molecular complexity index is 970. The third kappa shape index (κ3) is 7.19. The number of aliphatic hydroxyl groups is 1. The summed E-state index contributed by atoms with van der Waals surface area (Å²) in [6.45, 7) is 6.77. The van der Waals surface area contributed by atoms with Gasteiger partial charge in [0.25, 0.3) is 5.91 Å². The maximum Gasteiger partial charge on any atom is 0.253 e. The first-order valence-corrected chi connectivity index (χ1v) is 11.3. The summed E-state index contributed by atoms with van der Waals surface area (Å²) in [7, 11) is 1.85. The fourth-order valence-corrected chi connectivity index (χ4v) is 4.09. The third-order valence-electron chi connectivity index (χ3n) is 5.78. The highest BCUT2D eigenvalue weighted by atomic mass is 19.1. The number of likely N-dealkylation sites (tertiary alicyclic amines) is 1. The predicted octanol–water partition coefficient (Wildman–Crippen LogP) is 3.97. The van der Waals surface area contributed by atoms with Crippen molar-refractivity contribution in [3.8, 4) is 11.8 Å². The number of nitrogens with zero attached hydrogens (tertiary/aromatic N) is 2. The van der Waals surface area contributed by atoms with Crippen LogP contribution < -0.4 is 0 Å². The van der Waals surface area contributed by atoms with Crippen molar-refractivity contribution in [2.45, 2.75) is 38.7 Å². The van der Waals surface area contributed by atoms with Crippen LogP contribution in [0.25, 0.3) is 0 Å². The maximum atomic E-state index is 13.9. The van der Waals surface area contributed by atoms with E-state index >= 15 is 0 Å². The molecule has 1 saturated heterocycles. The Labute approximate surface area is 191 Å². The zero-order valence-electron chi connectivity index (χ0n) is 19.3. The van der Waals surface area contributed by atoms with Crippen LogP contribution in [0.1, 0.15) is 48.2 Å². The summed E-state index contributed by atoms with van der Waals surface area (Å²) in [6.07, 6.45) is 2.90. The van der Waals surface area contributed by atoms with Crippen LogP contribution >= 0.6 is 0 Å². The molecule has 4 nitrogen and oxygen atoms in total. The van der Waals surface area contributed by atoms with Gasteiger partial charge in [0.05, 0.1) is 0 Å². The Balaban J connectivity index is 1.52. The molecule has 0 aliphatic carbocycles. The van der Waals surface area contributed by atoms with Gasteiger partial charge in [0.1, 0.15) is 11.4 Å². The lowest BCUT2D eigenvalue weighted by molar-refractivity contribution is 0.0730. The molecule has 0 radical (unpaired) electrons. The normalized spacial score (nSPS) is 16.8. The zero-order valence-corrected chi connectivity index (χ0v) is 19.3. The molecular formula is C27H33FN2O2. The lowest BCUT2D eigenvalue weighted by Crippen LogP contribution is -2.42. The van der Waals surface area contributed by atoms with E-state index in [0.29, 0.717) is 24.4 Å². The van der Waals surface area contributed by atoms with Crippen LogP contribution in [0.4, 0.5) is 4.39 Å². The average molecular weight is 437 g/mol. The monoisotopic (exact) mass is 436 g/mol. The van der Waals surface area contributed by atoms with Crippen molar-refractivity contribution in [2.24, 2.45) is 5.92 Å². The van der Waals surface area contributed by atoms with Gasteiger partial charge in [-0.05, 0) is 81.5 Å². The van der Waals surface area contributed by atoms with Gasteiger partial charge in [-0.15, -0.1) is 0 Å². The van der Waals surface area contributed by atoms with E-state index in [1.165, 1.54) is 6.07 Å². The van der Waals surface area contributed by atoms with Crippen LogP contribution in [0.2, 0.25) is 0 Å². The summed E-state index contributed by atoms with van der Waals surface area (Å²) < 4.78 is 13.9. The fraction of sp³-hybridized carbons (Fsp3) is 0.444. The Morgan fingerprint density at radius 3 is 2.62 bits per heavy atom. The Morgan fingerprint density at radius 1 is 1.22 bits per heavy atom. The smallest absolute Gasteiger partial charge is 0.253 e. The second-order valence-corrected chi connectivity index (χ2v) is 9.22. The molecule has 0 spiro atoms. The molecule has 1 heterocycles. The predicted molar refractivity (Wildman–Crippen MR) is 126 cm³/mol. The van der Waals surface area contributed by atoms with Crippen molar-refractivity contribution in [1.29, 1.82) is 0 Å². The standard InChI is InChI=1S/C27H33FN2O2/c1-27(2,32)16-14-21-10-12-24(13-11-21)26(31)29(3)19-22-7-6-17-30(20-22)18-15-23-8-4-5-9-25(23)28/h4-5,8-13,22,32H,6-7,15,17-20H2,1-3H3/t22-/m0/s1. The van der Waals surface area contributed by atoms with Crippen molar-refractivity contribution in [3.63, 3.8) is 0 Å². The van der Waals surface area contributed by atoms with E-state index in [-0.39, 0.29) is 11.7 Å². The molecule has 2 aromatic carbocycles. The van der Waals surface area contributed by atoms with E-state index in [1.807, 2.05) is 31.3 Å². The van der Waals surface area contributed by atoms with Crippen molar-refractivity contribution in [3.05, 3.63) is 71.0 Å². The number of benzene rings is 2. The van der Waals surface area contributed by atoms with Gasteiger partial charge in [-0.25, -0.2) is 4.39 Å². The molecule has 3 rings (SSSR count). The molecule has 0 aromatic heterocycles. The highest BCUT2D eigenvalue weighted by Gasteiger charge is 2.23. The molecule has 1 amide bonds. The van der Waals surface area contributed by atoms with Crippen LogP contribution in [0.5, 0.6) is 0 Å². The van der Waals surface area contributed by atoms with Crippen molar-refractivity contribution < 1.29 is 14.3 Å². The number of carbonyl (C=O) groups is 1.